The minimum absolute atomic E-state index is 0.222. The summed E-state index contributed by atoms with van der Waals surface area (Å²) in [5.41, 5.74) is -1.54. The van der Waals surface area contributed by atoms with Gasteiger partial charge in [0, 0.05) is 4.47 Å². The highest BCUT2D eigenvalue weighted by Crippen LogP contribution is 2.54. The zero-order valence-electron chi connectivity index (χ0n) is 10.4. The Bertz CT molecular complexity index is 532. The highest BCUT2D eigenvalue weighted by Gasteiger charge is 2.63. The number of aliphatic hydroxyl groups is 2. The standard InChI is InChI=1S/C14H15BrO4/c15-9-2-3-11-10(6-9)12(18)13(7-16,8-17)14(19-11)4-1-5-14/h2-3,6,16-17H,1,4-5,7-8H2. The average molecular weight is 327 g/mol. The molecule has 0 bridgehead atoms. The van der Waals surface area contributed by atoms with Gasteiger partial charge in [-0.25, -0.2) is 0 Å². The largest absolute Gasteiger partial charge is 0.485 e. The Labute approximate surface area is 119 Å². The first-order valence-corrected chi connectivity index (χ1v) is 7.13. The van der Waals surface area contributed by atoms with Crippen LogP contribution in [0.1, 0.15) is 29.6 Å². The van der Waals surface area contributed by atoms with Crippen molar-refractivity contribution in [1.82, 2.24) is 0 Å². The van der Waals surface area contributed by atoms with E-state index < -0.39 is 24.2 Å². The monoisotopic (exact) mass is 326 g/mol. The number of Topliss-reactive ketones (excluding diaryl/α,β-unsaturated/α-hetero) is 1. The second-order valence-corrected chi connectivity index (χ2v) is 6.23. The highest BCUT2D eigenvalue weighted by molar-refractivity contribution is 9.10. The minimum Gasteiger partial charge on any atom is -0.485 e. The first kappa shape index (κ1) is 13.1. The zero-order chi connectivity index (χ0) is 13.7. The lowest BCUT2D eigenvalue weighted by Crippen LogP contribution is -2.66. The maximum absolute atomic E-state index is 12.7. The summed E-state index contributed by atoms with van der Waals surface area (Å²) in [6, 6.07) is 5.27. The lowest BCUT2D eigenvalue weighted by Gasteiger charge is -2.55. The molecule has 4 nitrogen and oxygen atoms in total. The van der Waals surface area contributed by atoms with E-state index in [0.717, 1.165) is 10.9 Å². The van der Waals surface area contributed by atoms with Gasteiger partial charge in [0.2, 0.25) is 0 Å². The Morgan fingerprint density at radius 3 is 2.47 bits per heavy atom. The molecule has 102 valence electrons. The molecule has 3 rings (SSSR count). The van der Waals surface area contributed by atoms with Gasteiger partial charge in [0.05, 0.1) is 18.8 Å². The molecule has 0 radical (unpaired) electrons. The van der Waals surface area contributed by atoms with Gasteiger partial charge in [-0.2, -0.15) is 0 Å². The molecule has 1 aliphatic carbocycles. The van der Waals surface area contributed by atoms with Gasteiger partial charge in [-0.1, -0.05) is 15.9 Å². The molecule has 0 saturated heterocycles. The number of hydrogen-bond donors (Lipinski definition) is 2. The van der Waals surface area contributed by atoms with Crippen molar-refractivity contribution in [3.8, 4) is 5.75 Å². The minimum atomic E-state index is -1.22. The molecule has 1 saturated carbocycles. The number of fused-ring (bicyclic) bond motifs is 1. The number of ketones is 1. The number of carbonyl (C=O) groups excluding carboxylic acids is 1. The molecule has 19 heavy (non-hydrogen) atoms. The van der Waals surface area contributed by atoms with Crippen LogP contribution in [0.3, 0.4) is 0 Å². The maximum atomic E-state index is 12.7. The van der Waals surface area contributed by atoms with E-state index in [2.05, 4.69) is 15.9 Å². The Morgan fingerprint density at radius 2 is 1.95 bits per heavy atom. The van der Waals surface area contributed by atoms with Crippen LogP contribution in [0.5, 0.6) is 5.75 Å². The van der Waals surface area contributed by atoms with E-state index >= 15 is 0 Å². The summed E-state index contributed by atoms with van der Waals surface area (Å²) in [5.74, 6) is 0.324. The fourth-order valence-corrected chi connectivity index (χ4v) is 3.46. The molecule has 1 aromatic rings. The molecule has 1 heterocycles. The van der Waals surface area contributed by atoms with Crippen molar-refractivity contribution < 1.29 is 19.7 Å². The number of carbonyl (C=O) groups is 1. The Kier molecular flexibility index (Phi) is 2.96. The van der Waals surface area contributed by atoms with E-state index in [1.165, 1.54) is 0 Å². The van der Waals surface area contributed by atoms with E-state index in [1.807, 2.05) is 6.07 Å². The molecule has 1 aliphatic heterocycles. The SMILES string of the molecule is O=C1c2cc(Br)ccc2OC2(CCC2)C1(CO)CO. The molecule has 0 unspecified atom stereocenters. The molecular formula is C14H15BrO4. The Hall–Kier alpha value is -0.910. The Morgan fingerprint density at radius 1 is 1.26 bits per heavy atom. The van der Waals surface area contributed by atoms with E-state index in [1.54, 1.807) is 12.1 Å². The van der Waals surface area contributed by atoms with Crippen LogP contribution in [0.15, 0.2) is 22.7 Å². The lowest BCUT2D eigenvalue weighted by molar-refractivity contribution is -0.140. The third kappa shape index (κ3) is 1.55. The summed E-state index contributed by atoms with van der Waals surface area (Å²) in [6.45, 7) is -0.789. The van der Waals surface area contributed by atoms with Gasteiger partial charge in [0.15, 0.2) is 5.78 Å². The smallest absolute Gasteiger partial charge is 0.181 e. The van der Waals surface area contributed by atoms with Crippen molar-refractivity contribution in [3.05, 3.63) is 28.2 Å². The fourth-order valence-electron chi connectivity index (χ4n) is 3.10. The van der Waals surface area contributed by atoms with Crippen LogP contribution in [0.4, 0.5) is 0 Å². The quantitative estimate of drug-likeness (QED) is 0.871. The van der Waals surface area contributed by atoms with Gasteiger partial charge in [-0.15, -0.1) is 0 Å². The summed E-state index contributed by atoms with van der Waals surface area (Å²) < 4.78 is 6.79. The second kappa shape index (κ2) is 4.30. The van der Waals surface area contributed by atoms with E-state index in [9.17, 15) is 15.0 Å². The number of aliphatic hydroxyl groups excluding tert-OH is 2. The van der Waals surface area contributed by atoms with Gasteiger partial charge in [-0.3, -0.25) is 4.79 Å². The molecule has 2 aliphatic rings. The van der Waals surface area contributed by atoms with Gasteiger partial charge >= 0.3 is 0 Å². The summed E-state index contributed by atoms with van der Waals surface area (Å²) in [7, 11) is 0. The topological polar surface area (TPSA) is 66.8 Å². The fraction of sp³-hybridized carbons (Fsp3) is 0.500. The molecule has 0 aromatic heterocycles. The van der Waals surface area contributed by atoms with Crippen LogP contribution in [0.2, 0.25) is 0 Å². The number of benzene rings is 1. The third-order valence-corrected chi connectivity index (χ3v) is 4.99. The van der Waals surface area contributed by atoms with E-state index in [-0.39, 0.29) is 5.78 Å². The number of ether oxygens (including phenoxy) is 1. The molecular weight excluding hydrogens is 312 g/mol. The number of halogens is 1. The van der Waals surface area contributed by atoms with Gasteiger partial charge in [-0.05, 0) is 37.5 Å². The zero-order valence-corrected chi connectivity index (χ0v) is 11.9. The number of rotatable bonds is 2. The van der Waals surface area contributed by atoms with Crippen LogP contribution in [0, 0.1) is 5.41 Å². The molecule has 1 spiro atoms. The first-order valence-electron chi connectivity index (χ1n) is 6.34. The normalized spacial score (nSPS) is 22.6. The van der Waals surface area contributed by atoms with Crippen molar-refractivity contribution in [2.24, 2.45) is 5.41 Å². The van der Waals surface area contributed by atoms with Gasteiger partial charge in [0.25, 0.3) is 0 Å². The predicted molar refractivity (Wildman–Crippen MR) is 72.3 cm³/mol. The summed E-state index contributed by atoms with van der Waals surface area (Å²) in [6.07, 6.45) is 2.33. The molecule has 1 fully saturated rings. The van der Waals surface area contributed by atoms with Crippen LogP contribution in [-0.2, 0) is 0 Å². The summed E-state index contributed by atoms with van der Waals surface area (Å²) in [5, 5.41) is 19.5. The van der Waals surface area contributed by atoms with Crippen LogP contribution >= 0.6 is 15.9 Å². The Balaban J connectivity index is 2.18. The van der Waals surface area contributed by atoms with Gasteiger partial charge < -0.3 is 14.9 Å². The molecule has 1 aromatic carbocycles. The molecule has 5 heteroatoms. The number of hydrogen-bond acceptors (Lipinski definition) is 4. The maximum Gasteiger partial charge on any atom is 0.181 e. The van der Waals surface area contributed by atoms with Crippen molar-refractivity contribution in [1.29, 1.82) is 0 Å². The summed E-state index contributed by atoms with van der Waals surface area (Å²) >= 11 is 3.33. The van der Waals surface area contributed by atoms with Crippen LogP contribution in [0.25, 0.3) is 0 Å². The molecule has 0 atom stereocenters. The first-order chi connectivity index (χ1) is 9.08. The van der Waals surface area contributed by atoms with E-state index in [0.29, 0.717) is 24.2 Å². The second-order valence-electron chi connectivity index (χ2n) is 5.32. The van der Waals surface area contributed by atoms with Crippen molar-refractivity contribution in [2.45, 2.75) is 24.9 Å². The van der Waals surface area contributed by atoms with Crippen LogP contribution in [-0.4, -0.2) is 34.8 Å². The van der Waals surface area contributed by atoms with Crippen molar-refractivity contribution >= 4 is 21.7 Å². The molecule has 0 amide bonds. The van der Waals surface area contributed by atoms with E-state index in [4.69, 9.17) is 4.74 Å². The lowest BCUT2D eigenvalue weighted by atomic mass is 9.57. The third-order valence-electron chi connectivity index (χ3n) is 4.50. The highest BCUT2D eigenvalue weighted by atomic mass is 79.9. The van der Waals surface area contributed by atoms with Gasteiger partial charge in [0.1, 0.15) is 16.8 Å². The molecule has 2 N–H and O–H groups in total. The average Bonchev–Trinajstić information content (AvgIpc) is 2.38. The van der Waals surface area contributed by atoms with Crippen molar-refractivity contribution in [2.75, 3.05) is 13.2 Å². The summed E-state index contributed by atoms with van der Waals surface area (Å²) in [4.78, 5) is 12.7. The van der Waals surface area contributed by atoms with Crippen LogP contribution < -0.4 is 4.74 Å². The predicted octanol–water partition coefficient (Wildman–Crippen LogP) is 1.92. The van der Waals surface area contributed by atoms with Crippen molar-refractivity contribution in [3.63, 3.8) is 0 Å².